The Hall–Kier alpha value is -3.51. The van der Waals surface area contributed by atoms with Crippen molar-refractivity contribution in [3.05, 3.63) is 71.9 Å². The van der Waals surface area contributed by atoms with Gasteiger partial charge in [-0.25, -0.2) is 4.98 Å². The molecule has 0 aliphatic heterocycles. The molecule has 2 aromatic heterocycles. The maximum absolute atomic E-state index is 5.64. The van der Waals surface area contributed by atoms with E-state index in [4.69, 9.17) is 15.0 Å². The summed E-state index contributed by atoms with van der Waals surface area (Å²) in [6, 6.07) is 18.1. The Kier molecular flexibility index (Phi) is 5.35. The van der Waals surface area contributed by atoms with Crippen LogP contribution >= 0.6 is 0 Å². The quantitative estimate of drug-likeness (QED) is 0.514. The number of hydrogen-bond donors (Lipinski definition) is 1. The third-order valence-electron chi connectivity index (χ3n) is 4.81. The monoisotopic (exact) mass is 386 g/mol. The van der Waals surface area contributed by atoms with Gasteiger partial charge < -0.3 is 15.0 Å². The second-order valence-corrected chi connectivity index (χ2v) is 6.71. The number of hydrogen-bond acceptors (Lipinski definition) is 6. The molecule has 0 bridgehead atoms. The molecule has 0 amide bonds. The van der Waals surface area contributed by atoms with E-state index in [-0.39, 0.29) is 0 Å². The highest BCUT2D eigenvalue weighted by Gasteiger charge is 2.15. The maximum atomic E-state index is 5.64. The molecule has 0 saturated carbocycles. The van der Waals surface area contributed by atoms with Gasteiger partial charge in [-0.1, -0.05) is 42.4 Å². The molecule has 0 aliphatic rings. The first kappa shape index (κ1) is 18.8. The Morgan fingerprint density at radius 3 is 2.52 bits per heavy atom. The molecule has 0 unspecified atom stereocenters. The van der Waals surface area contributed by atoms with E-state index < -0.39 is 0 Å². The van der Waals surface area contributed by atoms with Crippen molar-refractivity contribution in [3.63, 3.8) is 0 Å². The highest BCUT2D eigenvalue weighted by atomic mass is 16.5. The zero-order valence-electron chi connectivity index (χ0n) is 16.4. The topological polar surface area (TPSA) is 87.1 Å². The molecule has 0 spiro atoms. The van der Waals surface area contributed by atoms with Crippen molar-refractivity contribution in [2.45, 2.75) is 20.0 Å². The first-order valence-corrected chi connectivity index (χ1v) is 9.45. The van der Waals surface area contributed by atoms with Crippen LogP contribution in [0.3, 0.4) is 0 Å². The molecule has 2 heterocycles. The lowest BCUT2D eigenvalue weighted by Crippen LogP contribution is -1.96. The van der Waals surface area contributed by atoms with Gasteiger partial charge in [-0.3, -0.25) is 0 Å². The van der Waals surface area contributed by atoms with Gasteiger partial charge >= 0.3 is 0 Å². The van der Waals surface area contributed by atoms with E-state index in [9.17, 15) is 0 Å². The molecule has 2 aromatic carbocycles. The van der Waals surface area contributed by atoms with Crippen LogP contribution in [0, 0.1) is 0 Å². The fourth-order valence-electron chi connectivity index (χ4n) is 3.35. The number of benzene rings is 2. The third-order valence-corrected chi connectivity index (χ3v) is 4.81. The van der Waals surface area contributed by atoms with Crippen LogP contribution in [0.25, 0.3) is 34.0 Å². The van der Waals surface area contributed by atoms with E-state index in [0.717, 1.165) is 28.7 Å². The van der Waals surface area contributed by atoms with Gasteiger partial charge in [0.15, 0.2) is 0 Å². The highest BCUT2D eigenvalue weighted by molar-refractivity contribution is 5.74. The number of nitrogens with two attached hydrogens (primary N) is 1. The average molecular weight is 386 g/mol. The van der Waals surface area contributed by atoms with Crippen molar-refractivity contribution in [3.8, 4) is 34.0 Å². The molecule has 0 atom stereocenters. The van der Waals surface area contributed by atoms with Crippen molar-refractivity contribution in [1.29, 1.82) is 0 Å². The highest BCUT2D eigenvalue weighted by Crippen LogP contribution is 2.32. The van der Waals surface area contributed by atoms with Crippen LogP contribution in [0.2, 0.25) is 0 Å². The molecule has 6 nitrogen and oxygen atoms in total. The largest absolute Gasteiger partial charge is 0.384 e. The minimum Gasteiger partial charge on any atom is -0.384 e. The molecule has 4 aromatic rings. The molecule has 0 fully saturated rings. The molecule has 0 radical (unpaired) electrons. The molecular weight excluding hydrogens is 364 g/mol. The van der Waals surface area contributed by atoms with Crippen molar-refractivity contribution >= 4 is 5.82 Å². The molecule has 146 valence electrons. The lowest BCUT2D eigenvalue weighted by Gasteiger charge is -2.13. The van der Waals surface area contributed by atoms with Crippen molar-refractivity contribution < 1.29 is 9.26 Å². The standard InChI is InChI=1S/C23H22N4O2/c1-3-15-6-4-5-7-19(15)20-10-8-16(12-18(20)14-28-2)23-26-22(27-29-23)17-9-11-21(24)25-13-17/h4-13H,3,14H2,1-2H3,(H2,24,25). The Balaban J connectivity index is 1.72. The van der Waals surface area contributed by atoms with Gasteiger partial charge in [0.05, 0.1) is 6.61 Å². The van der Waals surface area contributed by atoms with E-state index in [1.54, 1.807) is 19.4 Å². The van der Waals surface area contributed by atoms with Crippen LogP contribution in [0.5, 0.6) is 0 Å². The number of aryl methyl sites for hydroxylation is 1. The van der Waals surface area contributed by atoms with E-state index >= 15 is 0 Å². The first-order valence-electron chi connectivity index (χ1n) is 9.45. The SMILES string of the molecule is CCc1ccccc1-c1ccc(-c2nc(-c3ccc(N)nc3)no2)cc1COC. The fraction of sp³-hybridized carbons (Fsp3) is 0.174. The third kappa shape index (κ3) is 3.88. The number of aromatic nitrogens is 3. The predicted molar refractivity (Wildman–Crippen MR) is 113 cm³/mol. The van der Waals surface area contributed by atoms with Gasteiger partial charge in [-0.15, -0.1) is 0 Å². The molecule has 29 heavy (non-hydrogen) atoms. The van der Waals surface area contributed by atoms with Crippen LogP contribution in [-0.2, 0) is 17.8 Å². The van der Waals surface area contributed by atoms with E-state index in [2.05, 4.69) is 52.4 Å². The number of anilines is 1. The van der Waals surface area contributed by atoms with Crippen LogP contribution < -0.4 is 5.73 Å². The van der Waals surface area contributed by atoms with Crippen LogP contribution in [0.4, 0.5) is 5.82 Å². The minimum absolute atomic E-state index is 0.449. The van der Waals surface area contributed by atoms with Gasteiger partial charge in [-0.05, 0) is 52.9 Å². The number of nitrogen functional groups attached to an aromatic ring is 1. The molecule has 0 aliphatic carbocycles. The van der Waals surface area contributed by atoms with Gasteiger partial charge in [0, 0.05) is 24.4 Å². The zero-order valence-corrected chi connectivity index (χ0v) is 16.4. The Morgan fingerprint density at radius 1 is 0.966 bits per heavy atom. The number of ether oxygens (including phenoxy) is 1. The summed E-state index contributed by atoms with van der Waals surface area (Å²) in [6.45, 7) is 2.65. The smallest absolute Gasteiger partial charge is 0.258 e. The average Bonchev–Trinajstić information content (AvgIpc) is 3.25. The molecule has 4 rings (SSSR count). The summed E-state index contributed by atoms with van der Waals surface area (Å²) in [4.78, 5) is 8.60. The zero-order chi connectivity index (χ0) is 20.2. The Labute approximate surface area is 169 Å². The summed E-state index contributed by atoms with van der Waals surface area (Å²) in [5.41, 5.74) is 12.0. The normalized spacial score (nSPS) is 11.0. The summed E-state index contributed by atoms with van der Waals surface area (Å²) in [6.07, 6.45) is 2.60. The molecule has 0 saturated heterocycles. The molecular formula is C23H22N4O2. The lowest BCUT2D eigenvalue weighted by atomic mass is 9.93. The van der Waals surface area contributed by atoms with Crippen molar-refractivity contribution in [2.24, 2.45) is 0 Å². The predicted octanol–water partition coefficient (Wildman–Crippen LogP) is 4.76. The van der Waals surface area contributed by atoms with Crippen molar-refractivity contribution in [1.82, 2.24) is 15.1 Å². The minimum atomic E-state index is 0.449. The second kappa shape index (κ2) is 8.24. The lowest BCUT2D eigenvalue weighted by molar-refractivity contribution is 0.185. The summed E-state index contributed by atoms with van der Waals surface area (Å²) in [7, 11) is 1.70. The summed E-state index contributed by atoms with van der Waals surface area (Å²) >= 11 is 0. The number of pyridine rings is 1. The maximum Gasteiger partial charge on any atom is 0.258 e. The van der Waals surface area contributed by atoms with E-state index in [0.29, 0.717) is 24.1 Å². The summed E-state index contributed by atoms with van der Waals surface area (Å²) in [5, 5.41) is 4.08. The summed E-state index contributed by atoms with van der Waals surface area (Å²) < 4.78 is 11.0. The molecule has 2 N–H and O–H groups in total. The number of nitrogens with zero attached hydrogens (tertiary/aromatic N) is 3. The van der Waals surface area contributed by atoms with Crippen LogP contribution in [0.15, 0.2) is 65.3 Å². The van der Waals surface area contributed by atoms with Gasteiger partial charge in [0.25, 0.3) is 5.89 Å². The fourth-order valence-corrected chi connectivity index (χ4v) is 3.35. The van der Waals surface area contributed by atoms with E-state index in [1.807, 2.05) is 18.2 Å². The number of methoxy groups -OCH3 is 1. The van der Waals surface area contributed by atoms with Crippen LogP contribution in [-0.4, -0.2) is 22.2 Å². The van der Waals surface area contributed by atoms with Crippen molar-refractivity contribution in [2.75, 3.05) is 12.8 Å². The Bertz CT molecular complexity index is 1120. The van der Waals surface area contributed by atoms with Crippen LogP contribution in [0.1, 0.15) is 18.1 Å². The Morgan fingerprint density at radius 2 is 1.76 bits per heavy atom. The first-order chi connectivity index (χ1) is 14.2. The van der Waals surface area contributed by atoms with Gasteiger partial charge in [-0.2, -0.15) is 4.98 Å². The molecule has 6 heteroatoms. The van der Waals surface area contributed by atoms with Gasteiger partial charge in [0.1, 0.15) is 5.82 Å². The second-order valence-electron chi connectivity index (χ2n) is 6.71. The number of rotatable bonds is 6. The van der Waals surface area contributed by atoms with Gasteiger partial charge in [0.2, 0.25) is 5.82 Å². The van der Waals surface area contributed by atoms with E-state index in [1.165, 1.54) is 11.1 Å². The summed E-state index contributed by atoms with van der Waals surface area (Å²) in [5.74, 6) is 1.37.